The Labute approximate surface area is 196 Å². The van der Waals surface area contributed by atoms with Gasteiger partial charge in [-0.3, -0.25) is 14.7 Å². The Bertz CT molecular complexity index is 670. The fourth-order valence-electron chi connectivity index (χ4n) is 3.98. The Morgan fingerprint density at radius 3 is 2.28 bits per heavy atom. The van der Waals surface area contributed by atoms with E-state index in [1.807, 2.05) is 24.1 Å². The molecular formula is C21H33ClIN5O. The Morgan fingerprint density at radius 2 is 1.69 bits per heavy atom. The van der Waals surface area contributed by atoms with E-state index in [1.54, 1.807) is 0 Å². The minimum Gasteiger partial charge on any atom is -0.356 e. The molecule has 162 valence electrons. The number of nitrogens with zero attached hydrogens (tertiary/aromatic N) is 4. The highest BCUT2D eigenvalue weighted by Crippen LogP contribution is 2.14. The van der Waals surface area contributed by atoms with Gasteiger partial charge in [-0.2, -0.15) is 0 Å². The fourth-order valence-corrected chi connectivity index (χ4v) is 4.11. The summed E-state index contributed by atoms with van der Waals surface area (Å²) < 4.78 is 0. The van der Waals surface area contributed by atoms with Gasteiger partial charge in [-0.1, -0.05) is 23.7 Å². The van der Waals surface area contributed by atoms with E-state index in [0.717, 1.165) is 76.1 Å². The van der Waals surface area contributed by atoms with Crippen molar-refractivity contribution in [1.82, 2.24) is 20.0 Å². The van der Waals surface area contributed by atoms with Crippen LogP contribution in [0.25, 0.3) is 0 Å². The number of halogens is 2. The zero-order chi connectivity index (χ0) is 19.9. The first-order chi connectivity index (χ1) is 13.6. The van der Waals surface area contributed by atoms with Crippen molar-refractivity contribution < 1.29 is 4.79 Å². The maximum Gasteiger partial charge on any atom is 0.239 e. The number of hydrogen-bond donors (Lipinski definition) is 1. The zero-order valence-corrected chi connectivity index (χ0v) is 20.5. The molecule has 1 N–H and O–H groups in total. The number of carbonyl (C=O) groups excluding carboxylic acids is 1. The van der Waals surface area contributed by atoms with Crippen molar-refractivity contribution in [2.75, 3.05) is 52.9 Å². The molecule has 0 saturated carbocycles. The molecular weight excluding hydrogens is 501 g/mol. The normalized spacial score (nSPS) is 19.1. The predicted molar refractivity (Wildman–Crippen MR) is 130 cm³/mol. The molecule has 6 nitrogen and oxygen atoms in total. The van der Waals surface area contributed by atoms with Crippen LogP contribution in [0.2, 0.25) is 5.02 Å². The number of carbonyl (C=O) groups is 1. The minimum absolute atomic E-state index is 0. The molecule has 0 aliphatic carbocycles. The number of nitrogens with one attached hydrogen (secondary N) is 1. The quantitative estimate of drug-likeness (QED) is 0.359. The van der Waals surface area contributed by atoms with E-state index in [1.165, 1.54) is 5.56 Å². The Hall–Kier alpha value is -1.06. The molecule has 0 bridgehead atoms. The topological polar surface area (TPSA) is 51.2 Å². The van der Waals surface area contributed by atoms with Crippen LogP contribution in [0.15, 0.2) is 29.3 Å². The molecule has 0 spiro atoms. The smallest absolute Gasteiger partial charge is 0.239 e. The van der Waals surface area contributed by atoms with Crippen LogP contribution >= 0.6 is 35.6 Å². The van der Waals surface area contributed by atoms with Gasteiger partial charge in [0.1, 0.15) is 0 Å². The molecule has 2 fully saturated rings. The molecule has 1 aromatic carbocycles. The number of amides is 1. The van der Waals surface area contributed by atoms with Crippen molar-refractivity contribution in [3.8, 4) is 0 Å². The van der Waals surface area contributed by atoms with Crippen LogP contribution in [-0.4, -0.2) is 85.5 Å². The van der Waals surface area contributed by atoms with Crippen LogP contribution in [0, 0.1) is 0 Å². The van der Waals surface area contributed by atoms with Crippen LogP contribution in [0.4, 0.5) is 0 Å². The molecule has 2 saturated heterocycles. The largest absolute Gasteiger partial charge is 0.356 e. The van der Waals surface area contributed by atoms with Crippen LogP contribution in [0.1, 0.15) is 25.3 Å². The molecule has 2 aliphatic heterocycles. The first-order valence-corrected chi connectivity index (χ1v) is 10.7. The lowest BCUT2D eigenvalue weighted by atomic mass is 10.1. The van der Waals surface area contributed by atoms with E-state index in [0.29, 0.717) is 0 Å². The second-order valence-electron chi connectivity index (χ2n) is 7.58. The zero-order valence-electron chi connectivity index (χ0n) is 17.4. The first kappa shape index (κ1) is 24.2. The number of rotatable bonds is 5. The lowest BCUT2D eigenvalue weighted by molar-refractivity contribution is -0.135. The molecule has 3 rings (SSSR count). The fraction of sp³-hybridized carbons (Fsp3) is 0.619. The molecule has 2 aliphatic rings. The Kier molecular flexibility index (Phi) is 9.98. The van der Waals surface area contributed by atoms with Crippen molar-refractivity contribution in [2.45, 2.75) is 32.2 Å². The van der Waals surface area contributed by atoms with Gasteiger partial charge in [0.2, 0.25) is 5.91 Å². The summed E-state index contributed by atoms with van der Waals surface area (Å²) >= 11 is 5.94. The van der Waals surface area contributed by atoms with Crippen molar-refractivity contribution in [3.63, 3.8) is 0 Å². The van der Waals surface area contributed by atoms with Gasteiger partial charge in [0, 0.05) is 57.9 Å². The third kappa shape index (κ3) is 6.72. The Morgan fingerprint density at radius 1 is 1.07 bits per heavy atom. The number of hydrogen-bond acceptors (Lipinski definition) is 3. The lowest BCUT2D eigenvalue weighted by Gasteiger charge is -2.39. The first-order valence-electron chi connectivity index (χ1n) is 10.3. The summed E-state index contributed by atoms with van der Waals surface area (Å²) in [6, 6.07) is 7.94. The third-order valence-electron chi connectivity index (χ3n) is 5.76. The van der Waals surface area contributed by atoms with Gasteiger partial charge >= 0.3 is 0 Å². The van der Waals surface area contributed by atoms with Crippen LogP contribution < -0.4 is 5.32 Å². The summed E-state index contributed by atoms with van der Waals surface area (Å²) in [5.41, 5.74) is 1.26. The van der Waals surface area contributed by atoms with E-state index < -0.39 is 0 Å². The van der Waals surface area contributed by atoms with Gasteiger partial charge in [0.15, 0.2) is 5.96 Å². The summed E-state index contributed by atoms with van der Waals surface area (Å²) in [5.74, 6) is 1.23. The average molecular weight is 534 g/mol. The molecule has 1 unspecified atom stereocenters. The van der Waals surface area contributed by atoms with Crippen molar-refractivity contribution in [1.29, 1.82) is 0 Å². The van der Waals surface area contributed by atoms with E-state index in [-0.39, 0.29) is 35.9 Å². The SMILES string of the molecule is CN=C(NCCc1ccc(Cl)cc1)N1CCN(C(C)C(=O)N2CCCC2)CC1.I. The minimum atomic E-state index is -0.0277. The van der Waals surface area contributed by atoms with E-state index in [4.69, 9.17) is 11.6 Å². The van der Waals surface area contributed by atoms with E-state index >= 15 is 0 Å². The molecule has 1 atom stereocenters. The monoisotopic (exact) mass is 533 g/mol. The molecule has 0 radical (unpaired) electrons. The van der Waals surface area contributed by atoms with Gasteiger partial charge in [-0.05, 0) is 43.9 Å². The molecule has 0 aromatic heterocycles. The van der Waals surface area contributed by atoms with Crippen molar-refractivity contribution in [2.24, 2.45) is 4.99 Å². The Balaban J connectivity index is 0.00000300. The molecule has 1 aromatic rings. The average Bonchev–Trinajstić information content (AvgIpc) is 3.26. The van der Waals surface area contributed by atoms with E-state index in [9.17, 15) is 4.79 Å². The number of benzene rings is 1. The second kappa shape index (κ2) is 12.0. The maximum atomic E-state index is 12.6. The van der Waals surface area contributed by atoms with Crippen molar-refractivity contribution in [3.05, 3.63) is 34.9 Å². The summed E-state index contributed by atoms with van der Waals surface area (Å²) in [4.78, 5) is 23.7. The van der Waals surface area contributed by atoms with Gasteiger partial charge in [0.25, 0.3) is 0 Å². The molecule has 8 heteroatoms. The van der Waals surface area contributed by atoms with E-state index in [2.05, 4.69) is 39.2 Å². The predicted octanol–water partition coefficient (Wildman–Crippen LogP) is 2.70. The van der Waals surface area contributed by atoms with Gasteiger partial charge in [-0.15, -0.1) is 24.0 Å². The summed E-state index contributed by atoms with van der Waals surface area (Å²) in [6.45, 7) is 8.28. The van der Waals surface area contributed by atoms with Crippen molar-refractivity contribution >= 4 is 47.4 Å². The number of aliphatic imine (C=N–C) groups is 1. The standard InChI is InChI=1S/C21H32ClN5O.HI/c1-17(20(28)26-11-3-4-12-26)25-13-15-27(16-14-25)21(23-2)24-10-9-18-5-7-19(22)8-6-18;/h5-8,17H,3-4,9-16H2,1-2H3,(H,23,24);1H. The van der Waals surface area contributed by atoms with Gasteiger partial charge < -0.3 is 15.1 Å². The summed E-state index contributed by atoms with van der Waals surface area (Å²) in [5, 5.41) is 4.23. The summed E-state index contributed by atoms with van der Waals surface area (Å²) in [6.07, 6.45) is 3.21. The third-order valence-corrected chi connectivity index (χ3v) is 6.01. The molecule has 2 heterocycles. The van der Waals surface area contributed by atoms with Gasteiger partial charge in [0.05, 0.1) is 6.04 Å². The number of guanidine groups is 1. The van der Waals surface area contributed by atoms with Crippen LogP contribution in [-0.2, 0) is 11.2 Å². The van der Waals surface area contributed by atoms with Crippen LogP contribution in [0.3, 0.4) is 0 Å². The highest BCUT2D eigenvalue weighted by atomic mass is 127. The van der Waals surface area contributed by atoms with Gasteiger partial charge in [-0.25, -0.2) is 0 Å². The lowest BCUT2D eigenvalue weighted by Crippen LogP contribution is -2.57. The second-order valence-corrected chi connectivity index (χ2v) is 8.02. The van der Waals surface area contributed by atoms with Crippen LogP contribution in [0.5, 0.6) is 0 Å². The number of likely N-dealkylation sites (tertiary alicyclic amines) is 1. The highest BCUT2D eigenvalue weighted by Gasteiger charge is 2.30. The summed E-state index contributed by atoms with van der Waals surface area (Å²) in [7, 11) is 1.83. The number of piperazine rings is 1. The maximum absolute atomic E-state index is 12.6. The molecule has 29 heavy (non-hydrogen) atoms. The molecule has 1 amide bonds. The highest BCUT2D eigenvalue weighted by molar-refractivity contribution is 14.0.